The molecule has 0 radical (unpaired) electrons. The number of rotatable bonds is 5. The van der Waals surface area contributed by atoms with Crippen LogP contribution in [0.5, 0.6) is 5.75 Å². The summed E-state index contributed by atoms with van der Waals surface area (Å²) in [6.07, 6.45) is 1.85. The van der Waals surface area contributed by atoms with E-state index in [0.29, 0.717) is 10.8 Å². The molecule has 1 aliphatic heterocycles. The van der Waals surface area contributed by atoms with E-state index < -0.39 is 6.10 Å². The average molecular weight is 345 g/mol. The zero-order valence-electron chi connectivity index (χ0n) is 13.7. The smallest absolute Gasteiger partial charge is 0.265 e. The van der Waals surface area contributed by atoms with Crippen molar-refractivity contribution in [3.8, 4) is 5.75 Å². The van der Waals surface area contributed by atoms with Crippen molar-refractivity contribution in [3.05, 3.63) is 53.6 Å². The lowest BCUT2D eigenvalue weighted by molar-refractivity contribution is -0.122. The Morgan fingerprint density at radius 2 is 1.79 bits per heavy atom. The first kappa shape index (κ1) is 16.7. The second-order valence-electron chi connectivity index (χ2n) is 5.92. The average Bonchev–Trinajstić information content (AvgIpc) is 3.12. The van der Waals surface area contributed by atoms with Gasteiger partial charge in [0.15, 0.2) is 6.10 Å². The molecule has 4 nitrogen and oxygen atoms in total. The highest BCUT2D eigenvalue weighted by atomic mass is 35.5. The van der Waals surface area contributed by atoms with E-state index in [-0.39, 0.29) is 5.91 Å². The number of halogens is 1. The van der Waals surface area contributed by atoms with Gasteiger partial charge in [0, 0.05) is 24.5 Å². The van der Waals surface area contributed by atoms with Crippen molar-refractivity contribution in [3.63, 3.8) is 0 Å². The van der Waals surface area contributed by atoms with Gasteiger partial charge in [-0.1, -0.05) is 23.7 Å². The van der Waals surface area contributed by atoms with Crippen molar-refractivity contribution in [2.75, 3.05) is 23.3 Å². The van der Waals surface area contributed by atoms with Gasteiger partial charge in [-0.3, -0.25) is 4.79 Å². The molecular weight excluding hydrogens is 324 g/mol. The maximum atomic E-state index is 12.3. The van der Waals surface area contributed by atoms with E-state index in [1.165, 1.54) is 18.5 Å². The van der Waals surface area contributed by atoms with Crippen molar-refractivity contribution in [1.82, 2.24) is 0 Å². The SMILES string of the molecule is CC(Oc1ccccc1Cl)C(=O)Nc1ccc(N2CCCC2)cc1. The van der Waals surface area contributed by atoms with Crippen LogP contribution in [0.25, 0.3) is 0 Å². The molecule has 1 N–H and O–H groups in total. The number of hydrogen-bond donors (Lipinski definition) is 1. The van der Waals surface area contributed by atoms with Crippen LogP contribution in [0.3, 0.4) is 0 Å². The van der Waals surface area contributed by atoms with Gasteiger partial charge < -0.3 is 15.0 Å². The second-order valence-corrected chi connectivity index (χ2v) is 6.33. The van der Waals surface area contributed by atoms with Crippen molar-refractivity contribution in [2.45, 2.75) is 25.9 Å². The quantitative estimate of drug-likeness (QED) is 0.876. The predicted molar refractivity (Wildman–Crippen MR) is 98.1 cm³/mol. The third kappa shape index (κ3) is 4.01. The molecule has 3 rings (SSSR count). The molecule has 0 aromatic heterocycles. The molecule has 1 amide bonds. The fourth-order valence-electron chi connectivity index (χ4n) is 2.76. The van der Waals surface area contributed by atoms with Crippen LogP contribution < -0.4 is 15.0 Å². The Bertz CT molecular complexity index is 697. The van der Waals surface area contributed by atoms with E-state index >= 15 is 0 Å². The molecule has 0 aliphatic carbocycles. The van der Waals surface area contributed by atoms with Crippen LogP contribution >= 0.6 is 11.6 Å². The lowest BCUT2D eigenvalue weighted by Crippen LogP contribution is -2.30. The van der Waals surface area contributed by atoms with E-state index in [1.807, 2.05) is 36.4 Å². The summed E-state index contributed by atoms with van der Waals surface area (Å²) in [5, 5.41) is 3.37. The van der Waals surface area contributed by atoms with Gasteiger partial charge in [0.05, 0.1) is 5.02 Å². The first-order valence-corrected chi connectivity index (χ1v) is 8.58. The Labute approximate surface area is 147 Å². The second kappa shape index (κ2) is 7.58. The van der Waals surface area contributed by atoms with E-state index in [9.17, 15) is 4.79 Å². The summed E-state index contributed by atoms with van der Waals surface area (Å²) in [4.78, 5) is 14.6. The molecule has 1 atom stereocenters. The number of benzene rings is 2. The number of carbonyl (C=O) groups excluding carboxylic acids is 1. The topological polar surface area (TPSA) is 41.6 Å². The standard InChI is InChI=1S/C19H21ClN2O2/c1-14(24-18-7-3-2-6-17(18)20)19(23)21-15-8-10-16(11-9-15)22-12-4-5-13-22/h2-3,6-11,14H,4-5,12-13H2,1H3,(H,21,23). The lowest BCUT2D eigenvalue weighted by Gasteiger charge is -2.18. The summed E-state index contributed by atoms with van der Waals surface area (Å²) in [6, 6.07) is 15.1. The number of nitrogens with one attached hydrogen (secondary N) is 1. The molecule has 5 heteroatoms. The highest BCUT2D eigenvalue weighted by Gasteiger charge is 2.17. The predicted octanol–water partition coefficient (Wildman–Crippen LogP) is 4.35. The third-order valence-corrected chi connectivity index (χ3v) is 4.43. The Morgan fingerprint density at radius 1 is 1.12 bits per heavy atom. The van der Waals surface area contributed by atoms with Gasteiger partial charge in [-0.2, -0.15) is 0 Å². The van der Waals surface area contributed by atoms with Crippen molar-refractivity contribution < 1.29 is 9.53 Å². The van der Waals surface area contributed by atoms with Crippen LogP contribution in [-0.4, -0.2) is 25.1 Å². The Balaban J connectivity index is 1.58. The Hall–Kier alpha value is -2.20. The first-order chi connectivity index (χ1) is 11.6. The van der Waals surface area contributed by atoms with Crippen LogP contribution in [0.2, 0.25) is 5.02 Å². The molecule has 1 unspecified atom stereocenters. The molecule has 0 spiro atoms. The highest BCUT2D eigenvalue weighted by Crippen LogP contribution is 2.25. The van der Waals surface area contributed by atoms with Crippen molar-refractivity contribution in [1.29, 1.82) is 0 Å². The lowest BCUT2D eigenvalue weighted by atomic mass is 10.2. The molecule has 126 valence electrons. The maximum absolute atomic E-state index is 12.3. The van der Waals surface area contributed by atoms with Gasteiger partial charge in [0.25, 0.3) is 5.91 Å². The fourth-order valence-corrected chi connectivity index (χ4v) is 2.94. The third-order valence-electron chi connectivity index (χ3n) is 4.12. The van der Waals surface area contributed by atoms with E-state index in [0.717, 1.165) is 18.8 Å². The molecular formula is C19H21ClN2O2. The molecule has 1 fully saturated rings. The van der Waals surface area contributed by atoms with Gasteiger partial charge in [-0.15, -0.1) is 0 Å². The first-order valence-electron chi connectivity index (χ1n) is 8.20. The van der Waals surface area contributed by atoms with E-state index in [4.69, 9.17) is 16.3 Å². The zero-order valence-corrected chi connectivity index (χ0v) is 14.4. The zero-order chi connectivity index (χ0) is 16.9. The van der Waals surface area contributed by atoms with Crippen LogP contribution in [0, 0.1) is 0 Å². The minimum Gasteiger partial charge on any atom is -0.479 e. The molecule has 1 saturated heterocycles. The molecule has 0 saturated carbocycles. The maximum Gasteiger partial charge on any atom is 0.265 e. The van der Waals surface area contributed by atoms with Crippen LogP contribution in [-0.2, 0) is 4.79 Å². The number of anilines is 2. The fraction of sp³-hybridized carbons (Fsp3) is 0.316. The molecule has 2 aromatic rings. The monoisotopic (exact) mass is 344 g/mol. The van der Waals surface area contributed by atoms with Gasteiger partial charge >= 0.3 is 0 Å². The number of hydrogen-bond acceptors (Lipinski definition) is 3. The normalized spacial score (nSPS) is 15.2. The number of amides is 1. The molecule has 0 bridgehead atoms. The molecule has 2 aromatic carbocycles. The summed E-state index contributed by atoms with van der Waals surface area (Å²) in [5.74, 6) is 0.301. The van der Waals surface area contributed by atoms with E-state index in [2.05, 4.69) is 10.2 Å². The van der Waals surface area contributed by atoms with Crippen LogP contribution in [0.15, 0.2) is 48.5 Å². The number of ether oxygens (including phenoxy) is 1. The Morgan fingerprint density at radius 3 is 2.46 bits per heavy atom. The number of para-hydroxylation sites is 1. The Kier molecular flexibility index (Phi) is 5.26. The number of nitrogens with zero attached hydrogens (tertiary/aromatic N) is 1. The molecule has 1 aliphatic rings. The van der Waals surface area contributed by atoms with Gasteiger partial charge in [-0.25, -0.2) is 0 Å². The summed E-state index contributed by atoms with van der Waals surface area (Å²) in [7, 11) is 0. The molecule has 1 heterocycles. The number of carbonyl (C=O) groups is 1. The van der Waals surface area contributed by atoms with Crippen molar-refractivity contribution in [2.24, 2.45) is 0 Å². The van der Waals surface area contributed by atoms with Gasteiger partial charge in [0.2, 0.25) is 0 Å². The highest BCUT2D eigenvalue weighted by molar-refractivity contribution is 6.32. The summed E-state index contributed by atoms with van der Waals surface area (Å²) in [5.41, 5.74) is 1.96. The van der Waals surface area contributed by atoms with Gasteiger partial charge in [0.1, 0.15) is 5.75 Å². The van der Waals surface area contributed by atoms with Crippen LogP contribution in [0.4, 0.5) is 11.4 Å². The summed E-state index contributed by atoms with van der Waals surface area (Å²) in [6.45, 7) is 3.92. The van der Waals surface area contributed by atoms with Crippen LogP contribution in [0.1, 0.15) is 19.8 Å². The summed E-state index contributed by atoms with van der Waals surface area (Å²) < 4.78 is 5.63. The van der Waals surface area contributed by atoms with Crippen molar-refractivity contribution >= 4 is 28.9 Å². The largest absolute Gasteiger partial charge is 0.479 e. The minimum atomic E-state index is -0.636. The molecule has 24 heavy (non-hydrogen) atoms. The van der Waals surface area contributed by atoms with Gasteiger partial charge in [-0.05, 0) is 56.2 Å². The van der Waals surface area contributed by atoms with E-state index in [1.54, 1.807) is 19.1 Å². The minimum absolute atomic E-state index is 0.205. The summed E-state index contributed by atoms with van der Waals surface area (Å²) >= 11 is 6.05.